The maximum Gasteiger partial charge on any atom is 0.326 e. The lowest BCUT2D eigenvalue weighted by molar-refractivity contribution is -0.142. The molecule has 132 valence electrons. The van der Waals surface area contributed by atoms with Gasteiger partial charge in [0.25, 0.3) is 0 Å². The molecule has 1 aromatic carbocycles. The van der Waals surface area contributed by atoms with E-state index in [0.29, 0.717) is 24.9 Å². The lowest BCUT2D eigenvalue weighted by atomic mass is 10.0. The van der Waals surface area contributed by atoms with Gasteiger partial charge in [0.05, 0.1) is 6.04 Å². The van der Waals surface area contributed by atoms with Gasteiger partial charge in [0.15, 0.2) is 5.96 Å². The van der Waals surface area contributed by atoms with Crippen molar-refractivity contribution in [3.63, 3.8) is 0 Å². The standard InChI is InChI=1S/C15H23N5O4/c16-11(2-1-7-19-15(17)18)13(22)20-12(14(23)24)8-9-3-5-10(21)6-4-9/h3-6,11-12,21H,1-2,7-8,16H2,(H,20,22)(H,23,24)(H4,17,18,19)/t11-,12?/m0/s1. The highest BCUT2D eigenvalue weighted by atomic mass is 16.4. The molecule has 0 saturated heterocycles. The summed E-state index contributed by atoms with van der Waals surface area (Å²) < 4.78 is 0. The van der Waals surface area contributed by atoms with E-state index in [9.17, 15) is 19.8 Å². The lowest BCUT2D eigenvalue weighted by Crippen LogP contribution is -2.49. The minimum atomic E-state index is -1.16. The van der Waals surface area contributed by atoms with Gasteiger partial charge in [-0.05, 0) is 30.5 Å². The van der Waals surface area contributed by atoms with Gasteiger partial charge in [-0.3, -0.25) is 9.79 Å². The van der Waals surface area contributed by atoms with E-state index in [1.165, 1.54) is 12.1 Å². The van der Waals surface area contributed by atoms with Gasteiger partial charge in [-0.2, -0.15) is 0 Å². The third-order valence-corrected chi connectivity index (χ3v) is 3.30. The van der Waals surface area contributed by atoms with Crippen LogP contribution >= 0.6 is 0 Å². The molecule has 0 spiro atoms. The Balaban J connectivity index is 2.54. The molecule has 1 aromatic rings. The number of nitrogens with zero attached hydrogens (tertiary/aromatic N) is 1. The first-order valence-electron chi connectivity index (χ1n) is 7.41. The number of carboxylic acid groups (broad SMARTS) is 1. The van der Waals surface area contributed by atoms with Gasteiger partial charge in [0, 0.05) is 13.0 Å². The zero-order chi connectivity index (χ0) is 18.1. The van der Waals surface area contributed by atoms with E-state index >= 15 is 0 Å². The molecular formula is C15H23N5O4. The minimum absolute atomic E-state index is 0.0344. The van der Waals surface area contributed by atoms with Crippen molar-refractivity contribution < 1.29 is 19.8 Å². The number of hydrogen-bond acceptors (Lipinski definition) is 5. The molecule has 24 heavy (non-hydrogen) atoms. The molecular weight excluding hydrogens is 314 g/mol. The zero-order valence-electron chi connectivity index (χ0n) is 13.2. The number of nitrogens with two attached hydrogens (primary N) is 3. The number of guanidine groups is 1. The van der Waals surface area contributed by atoms with Crippen molar-refractivity contribution in [1.29, 1.82) is 0 Å². The summed E-state index contributed by atoms with van der Waals surface area (Å²) in [4.78, 5) is 27.1. The van der Waals surface area contributed by atoms with Crippen molar-refractivity contribution >= 4 is 17.8 Å². The smallest absolute Gasteiger partial charge is 0.326 e. The number of amides is 1. The molecule has 1 unspecified atom stereocenters. The van der Waals surface area contributed by atoms with Gasteiger partial charge in [-0.25, -0.2) is 4.79 Å². The maximum absolute atomic E-state index is 12.0. The Morgan fingerprint density at radius 1 is 1.21 bits per heavy atom. The van der Waals surface area contributed by atoms with Gasteiger partial charge in [-0.1, -0.05) is 12.1 Å². The van der Waals surface area contributed by atoms with Crippen molar-refractivity contribution in [3.8, 4) is 5.75 Å². The second-order valence-corrected chi connectivity index (χ2v) is 5.33. The van der Waals surface area contributed by atoms with Crippen molar-refractivity contribution in [2.75, 3.05) is 6.54 Å². The first-order chi connectivity index (χ1) is 11.3. The van der Waals surface area contributed by atoms with Crippen LogP contribution in [0, 0.1) is 0 Å². The molecule has 0 aliphatic carbocycles. The highest BCUT2D eigenvalue weighted by molar-refractivity contribution is 5.86. The number of phenols is 1. The van der Waals surface area contributed by atoms with E-state index in [4.69, 9.17) is 17.2 Å². The molecule has 2 atom stereocenters. The van der Waals surface area contributed by atoms with Crippen molar-refractivity contribution in [1.82, 2.24) is 5.32 Å². The second kappa shape index (κ2) is 9.36. The fraction of sp³-hybridized carbons (Fsp3) is 0.400. The number of hydrogen-bond donors (Lipinski definition) is 6. The Morgan fingerprint density at radius 3 is 2.38 bits per heavy atom. The first-order valence-corrected chi connectivity index (χ1v) is 7.41. The quantitative estimate of drug-likeness (QED) is 0.188. The normalized spacial score (nSPS) is 12.9. The minimum Gasteiger partial charge on any atom is -0.508 e. The first kappa shape index (κ1) is 19.2. The van der Waals surface area contributed by atoms with Gasteiger partial charge in [0.1, 0.15) is 11.8 Å². The molecule has 9 nitrogen and oxygen atoms in total. The average molecular weight is 337 g/mol. The third-order valence-electron chi connectivity index (χ3n) is 3.30. The fourth-order valence-electron chi connectivity index (χ4n) is 2.00. The van der Waals surface area contributed by atoms with Crippen LogP contribution in [-0.2, 0) is 16.0 Å². The molecule has 0 radical (unpaired) electrons. The molecule has 0 aliphatic rings. The van der Waals surface area contributed by atoms with Crippen LogP contribution in [0.15, 0.2) is 29.3 Å². The van der Waals surface area contributed by atoms with Gasteiger partial charge < -0.3 is 32.7 Å². The Kier molecular flexibility index (Phi) is 7.50. The molecule has 9 N–H and O–H groups in total. The Hall–Kier alpha value is -2.81. The number of aliphatic carboxylic acids is 1. The molecule has 9 heteroatoms. The molecule has 1 amide bonds. The number of rotatable bonds is 9. The lowest BCUT2D eigenvalue weighted by Gasteiger charge is -2.18. The number of nitrogens with one attached hydrogen (secondary N) is 1. The summed E-state index contributed by atoms with van der Waals surface area (Å²) in [6, 6.07) is 4.13. The molecule has 1 rings (SSSR count). The second-order valence-electron chi connectivity index (χ2n) is 5.33. The molecule has 0 saturated carbocycles. The topological polar surface area (TPSA) is 177 Å². The summed E-state index contributed by atoms with van der Waals surface area (Å²) in [6.07, 6.45) is 0.915. The molecule has 0 fully saturated rings. The van der Waals surface area contributed by atoms with Crippen LogP contribution in [0.3, 0.4) is 0 Å². The summed E-state index contributed by atoms with van der Waals surface area (Å²) in [5.74, 6) is -1.67. The molecule has 0 aliphatic heterocycles. The number of aliphatic imine (C=N–C) groups is 1. The average Bonchev–Trinajstić information content (AvgIpc) is 2.52. The Bertz CT molecular complexity index is 584. The van der Waals surface area contributed by atoms with Crippen LogP contribution in [0.4, 0.5) is 0 Å². The SMILES string of the molecule is NC(N)=NCCC[C@H](N)C(=O)NC(Cc1ccc(O)cc1)C(=O)O. The van der Waals surface area contributed by atoms with E-state index in [1.54, 1.807) is 12.1 Å². The van der Waals surface area contributed by atoms with Crippen LogP contribution in [0.25, 0.3) is 0 Å². The number of benzene rings is 1. The summed E-state index contributed by atoms with van der Waals surface area (Å²) in [5, 5.41) is 20.9. The van der Waals surface area contributed by atoms with Crippen LogP contribution in [-0.4, -0.2) is 46.7 Å². The number of carbonyl (C=O) groups is 2. The van der Waals surface area contributed by atoms with E-state index in [2.05, 4.69) is 10.3 Å². The Morgan fingerprint density at radius 2 is 1.83 bits per heavy atom. The van der Waals surface area contributed by atoms with Crippen LogP contribution in [0.5, 0.6) is 5.75 Å². The molecule has 0 aromatic heterocycles. The summed E-state index contributed by atoms with van der Waals surface area (Å²) in [6.45, 7) is 0.346. The number of aromatic hydroxyl groups is 1. The van der Waals surface area contributed by atoms with Crippen molar-refractivity contribution in [3.05, 3.63) is 29.8 Å². The van der Waals surface area contributed by atoms with Gasteiger partial charge in [0.2, 0.25) is 5.91 Å². The largest absolute Gasteiger partial charge is 0.508 e. The predicted octanol–water partition coefficient (Wildman–Crippen LogP) is -1.11. The Labute approximate surface area is 139 Å². The number of phenolic OH excluding ortho intramolecular Hbond substituents is 1. The zero-order valence-corrected chi connectivity index (χ0v) is 13.2. The van der Waals surface area contributed by atoms with Gasteiger partial charge in [-0.15, -0.1) is 0 Å². The van der Waals surface area contributed by atoms with E-state index in [1.807, 2.05) is 0 Å². The van der Waals surface area contributed by atoms with Crippen LogP contribution in [0.1, 0.15) is 18.4 Å². The van der Waals surface area contributed by atoms with Crippen molar-refractivity contribution in [2.24, 2.45) is 22.2 Å². The van der Waals surface area contributed by atoms with Crippen LogP contribution in [0.2, 0.25) is 0 Å². The molecule has 0 heterocycles. The molecule has 0 bridgehead atoms. The summed E-state index contributed by atoms with van der Waals surface area (Å²) >= 11 is 0. The fourth-order valence-corrected chi connectivity index (χ4v) is 2.00. The summed E-state index contributed by atoms with van der Waals surface area (Å²) in [7, 11) is 0. The highest BCUT2D eigenvalue weighted by Gasteiger charge is 2.23. The maximum atomic E-state index is 12.0. The van der Waals surface area contributed by atoms with Gasteiger partial charge >= 0.3 is 5.97 Å². The third kappa shape index (κ3) is 6.97. The number of carbonyl (C=O) groups excluding carboxylic acids is 1. The summed E-state index contributed by atoms with van der Waals surface area (Å²) in [5.41, 5.74) is 16.8. The van der Waals surface area contributed by atoms with Crippen LogP contribution < -0.4 is 22.5 Å². The van der Waals surface area contributed by atoms with E-state index in [0.717, 1.165) is 0 Å². The predicted molar refractivity (Wildman–Crippen MR) is 89.3 cm³/mol. The monoisotopic (exact) mass is 337 g/mol. The highest BCUT2D eigenvalue weighted by Crippen LogP contribution is 2.11. The van der Waals surface area contributed by atoms with E-state index < -0.39 is 24.0 Å². The van der Waals surface area contributed by atoms with E-state index in [-0.39, 0.29) is 18.1 Å². The van der Waals surface area contributed by atoms with Crippen molar-refractivity contribution in [2.45, 2.75) is 31.3 Å². The number of carboxylic acids is 1.